The van der Waals surface area contributed by atoms with Gasteiger partial charge in [-0.1, -0.05) is 70.6 Å². The van der Waals surface area contributed by atoms with Crippen LogP contribution >= 0.6 is 0 Å². The van der Waals surface area contributed by atoms with E-state index in [4.69, 9.17) is 11.6 Å². The normalized spacial score (nSPS) is 11.5. The van der Waals surface area contributed by atoms with Crippen LogP contribution in [0.5, 0.6) is 0 Å². The summed E-state index contributed by atoms with van der Waals surface area (Å²) in [5.41, 5.74) is 5.54. The van der Waals surface area contributed by atoms with Crippen molar-refractivity contribution in [1.82, 2.24) is 5.32 Å². The quantitative estimate of drug-likeness (QED) is 0.0959. The molecule has 0 rings (SSSR count). The van der Waals surface area contributed by atoms with E-state index in [9.17, 15) is 4.79 Å². The lowest BCUT2D eigenvalue weighted by molar-refractivity contribution is -0.109. The van der Waals surface area contributed by atoms with Crippen LogP contribution in [0, 0.1) is 0 Å². The first-order chi connectivity index (χ1) is 10.8. The third kappa shape index (κ3) is 16.8. The molecule has 0 aromatic carbocycles. The van der Waals surface area contributed by atoms with Crippen molar-refractivity contribution < 1.29 is 4.79 Å². The van der Waals surface area contributed by atoms with Gasteiger partial charge < -0.3 is 16.9 Å². The van der Waals surface area contributed by atoms with Crippen LogP contribution in [0.25, 0.3) is 0 Å². The first kappa shape index (κ1) is 20.7. The number of nitrogens with zero attached hydrogens (tertiary/aromatic N) is 1. The first-order valence-corrected chi connectivity index (χ1v) is 9.00. The van der Waals surface area contributed by atoms with Crippen LogP contribution in [0.3, 0.4) is 0 Å². The van der Waals surface area contributed by atoms with Crippen LogP contribution in [-0.2, 0) is 4.79 Å². The van der Waals surface area contributed by atoms with Crippen molar-refractivity contribution >= 4 is 12.2 Å². The summed E-state index contributed by atoms with van der Waals surface area (Å²) in [4.78, 5) is 10.1. The lowest BCUT2D eigenvalue weighted by Gasteiger charge is -2.03. The summed E-state index contributed by atoms with van der Waals surface area (Å²) in [6, 6.07) is 0. The van der Waals surface area contributed by atoms with E-state index in [0.717, 1.165) is 32.2 Å². The summed E-state index contributed by atoms with van der Waals surface area (Å²) in [6.07, 6.45) is 18.4. The Morgan fingerprint density at radius 3 is 1.59 bits per heavy atom. The van der Waals surface area contributed by atoms with Gasteiger partial charge in [-0.2, -0.15) is 5.10 Å². The van der Waals surface area contributed by atoms with Gasteiger partial charge in [-0.05, 0) is 12.8 Å². The second-order valence-electron chi connectivity index (χ2n) is 6.04. The zero-order chi connectivity index (χ0) is 16.3. The molecule has 5 nitrogen and oxygen atoms in total. The summed E-state index contributed by atoms with van der Waals surface area (Å²) in [5.74, 6) is 5.66. The number of hydrogen-bond donors (Lipinski definition) is 3. The molecule has 0 bridgehead atoms. The Balaban J connectivity index is 3.01. The highest BCUT2D eigenvalue weighted by Gasteiger charge is 1.95. The fourth-order valence-electron chi connectivity index (χ4n) is 2.60. The topological polar surface area (TPSA) is 93.5 Å². The minimum absolute atomic E-state index is 0.569. The molecule has 0 atom stereocenters. The van der Waals surface area contributed by atoms with E-state index in [1.807, 2.05) is 0 Å². The van der Waals surface area contributed by atoms with E-state index in [-0.39, 0.29) is 0 Å². The van der Waals surface area contributed by atoms with Crippen LogP contribution in [0.1, 0.15) is 89.9 Å². The van der Waals surface area contributed by atoms with Crippen LogP contribution in [0.15, 0.2) is 5.10 Å². The Kier molecular flexibility index (Phi) is 16.8. The highest BCUT2D eigenvalue weighted by Crippen LogP contribution is 2.12. The molecule has 0 radical (unpaired) electrons. The molecule has 0 spiro atoms. The number of nitrogens with two attached hydrogens (primary N) is 2. The Labute approximate surface area is 136 Å². The summed E-state index contributed by atoms with van der Waals surface area (Å²) in [7, 11) is 0. The van der Waals surface area contributed by atoms with E-state index in [1.165, 1.54) is 70.6 Å². The van der Waals surface area contributed by atoms with Gasteiger partial charge in [0, 0.05) is 13.0 Å². The van der Waals surface area contributed by atoms with E-state index in [1.54, 1.807) is 0 Å². The molecule has 0 aliphatic rings. The predicted octanol–water partition coefficient (Wildman–Crippen LogP) is 3.42. The number of rotatable bonds is 17. The van der Waals surface area contributed by atoms with Crippen molar-refractivity contribution in [2.24, 2.45) is 16.7 Å². The summed E-state index contributed by atoms with van der Waals surface area (Å²) < 4.78 is 0. The molecule has 0 unspecified atom stereocenters. The fourth-order valence-corrected chi connectivity index (χ4v) is 2.60. The van der Waals surface area contributed by atoms with E-state index in [2.05, 4.69) is 10.4 Å². The SMILES string of the molecule is N/N=C(\N)CCCCCCCCCCCCCCCNC=O. The number of nitrogens with one attached hydrogen (secondary N) is 1. The van der Waals surface area contributed by atoms with Gasteiger partial charge in [-0.15, -0.1) is 0 Å². The van der Waals surface area contributed by atoms with Gasteiger partial charge in [-0.3, -0.25) is 4.79 Å². The van der Waals surface area contributed by atoms with E-state index >= 15 is 0 Å². The lowest BCUT2D eigenvalue weighted by Crippen LogP contribution is -2.13. The van der Waals surface area contributed by atoms with Gasteiger partial charge >= 0.3 is 0 Å². The number of hydrogen-bond acceptors (Lipinski definition) is 3. The molecule has 0 aromatic heterocycles. The maximum Gasteiger partial charge on any atom is 0.207 e. The lowest BCUT2D eigenvalue weighted by atomic mass is 10.0. The summed E-state index contributed by atoms with van der Waals surface area (Å²) in [5, 5.41) is 6.18. The average molecular weight is 313 g/mol. The Morgan fingerprint density at radius 2 is 1.18 bits per heavy atom. The Hall–Kier alpha value is -1.26. The number of hydrazone groups is 1. The third-order valence-electron chi connectivity index (χ3n) is 4.00. The molecule has 0 aliphatic heterocycles. The number of carbonyl (C=O) groups excluding carboxylic acids is 1. The number of amidine groups is 1. The minimum Gasteiger partial charge on any atom is -0.386 e. The number of unbranched alkanes of at least 4 members (excludes halogenated alkanes) is 12. The zero-order valence-electron chi connectivity index (χ0n) is 14.2. The molecule has 0 heterocycles. The molecule has 0 aromatic rings. The van der Waals surface area contributed by atoms with Crippen molar-refractivity contribution in [3.63, 3.8) is 0 Å². The second kappa shape index (κ2) is 17.8. The van der Waals surface area contributed by atoms with Crippen molar-refractivity contribution in [2.45, 2.75) is 89.9 Å². The van der Waals surface area contributed by atoms with Gasteiger partial charge in [-0.25, -0.2) is 0 Å². The number of amides is 1. The van der Waals surface area contributed by atoms with Crippen molar-refractivity contribution in [3.8, 4) is 0 Å². The molecule has 22 heavy (non-hydrogen) atoms. The molecule has 0 saturated heterocycles. The number of carbonyl (C=O) groups is 1. The van der Waals surface area contributed by atoms with Crippen LogP contribution < -0.4 is 16.9 Å². The molecule has 1 amide bonds. The van der Waals surface area contributed by atoms with Crippen LogP contribution in [0.2, 0.25) is 0 Å². The molecule has 5 N–H and O–H groups in total. The van der Waals surface area contributed by atoms with Gasteiger partial charge in [0.25, 0.3) is 0 Å². The summed E-state index contributed by atoms with van der Waals surface area (Å²) >= 11 is 0. The predicted molar refractivity (Wildman–Crippen MR) is 94.5 cm³/mol. The largest absolute Gasteiger partial charge is 0.386 e. The molecule has 5 heteroatoms. The molecule has 0 aliphatic carbocycles. The first-order valence-electron chi connectivity index (χ1n) is 9.00. The van der Waals surface area contributed by atoms with Gasteiger partial charge in [0.1, 0.15) is 5.84 Å². The Morgan fingerprint density at radius 1 is 0.773 bits per heavy atom. The van der Waals surface area contributed by atoms with Crippen molar-refractivity contribution in [2.75, 3.05) is 6.54 Å². The van der Waals surface area contributed by atoms with Crippen molar-refractivity contribution in [3.05, 3.63) is 0 Å². The minimum atomic E-state index is 0.569. The highest BCUT2D eigenvalue weighted by atomic mass is 16.1. The molecular weight excluding hydrogens is 276 g/mol. The van der Waals surface area contributed by atoms with E-state index < -0.39 is 0 Å². The van der Waals surface area contributed by atoms with Gasteiger partial charge in [0.15, 0.2) is 0 Å². The molecule has 0 fully saturated rings. The molecule has 0 saturated carbocycles. The monoisotopic (exact) mass is 312 g/mol. The molecular formula is C17H36N4O. The fraction of sp³-hybridized carbons (Fsp3) is 0.882. The van der Waals surface area contributed by atoms with E-state index in [0.29, 0.717) is 5.84 Å². The highest BCUT2D eigenvalue weighted by molar-refractivity contribution is 5.79. The maximum absolute atomic E-state index is 10.1. The third-order valence-corrected chi connectivity index (χ3v) is 4.00. The van der Waals surface area contributed by atoms with Gasteiger partial charge in [0.05, 0.1) is 0 Å². The Bertz CT molecular complexity index is 269. The van der Waals surface area contributed by atoms with Crippen molar-refractivity contribution in [1.29, 1.82) is 0 Å². The summed E-state index contributed by atoms with van der Waals surface area (Å²) in [6.45, 7) is 0.828. The smallest absolute Gasteiger partial charge is 0.207 e. The average Bonchev–Trinajstić information content (AvgIpc) is 2.54. The van der Waals surface area contributed by atoms with Gasteiger partial charge in [0.2, 0.25) is 6.41 Å². The molecule has 130 valence electrons. The zero-order valence-corrected chi connectivity index (χ0v) is 14.2. The standard InChI is InChI=1S/C17H36N4O/c18-17(21-19)14-12-10-8-6-4-2-1-3-5-7-9-11-13-15-20-16-22/h16H,1-15,19H2,(H2,18,21)(H,20,22). The maximum atomic E-state index is 10.1. The van der Waals surface area contributed by atoms with Crippen LogP contribution in [-0.4, -0.2) is 18.8 Å². The van der Waals surface area contributed by atoms with Crippen LogP contribution in [0.4, 0.5) is 0 Å². The second-order valence-corrected chi connectivity index (χ2v) is 6.04.